The molecule has 0 saturated carbocycles. The maximum atomic E-state index is 12.3. The third-order valence-corrected chi connectivity index (χ3v) is 3.85. The van der Waals surface area contributed by atoms with Gasteiger partial charge in [-0.1, -0.05) is 0 Å². The molecule has 0 aromatic carbocycles. The quantitative estimate of drug-likeness (QED) is 0.820. The Balaban J connectivity index is 2.40. The fraction of sp³-hybridized carbons (Fsp3) is 0.462. The second kappa shape index (κ2) is 3.88. The van der Waals surface area contributed by atoms with Crippen LogP contribution in [-0.4, -0.2) is 32.4 Å². The zero-order valence-electron chi connectivity index (χ0n) is 11.0. The summed E-state index contributed by atoms with van der Waals surface area (Å²) < 4.78 is 0. The van der Waals surface area contributed by atoms with E-state index in [2.05, 4.69) is 10.1 Å². The van der Waals surface area contributed by atoms with Crippen LogP contribution >= 0.6 is 0 Å². The number of pyridine rings is 1. The maximum absolute atomic E-state index is 12.3. The van der Waals surface area contributed by atoms with Gasteiger partial charge >= 0.3 is 0 Å². The molecule has 5 nitrogen and oxygen atoms in total. The van der Waals surface area contributed by atoms with Gasteiger partial charge in [0.15, 0.2) is 5.72 Å². The molecule has 0 unspecified atom stereocenters. The second-order valence-electron chi connectivity index (χ2n) is 5.19. The molecule has 1 aromatic heterocycles. The fourth-order valence-corrected chi connectivity index (χ4v) is 1.83. The van der Waals surface area contributed by atoms with Crippen molar-refractivity contribution < 1.29 is 9.90 Å². The molecule has 0 saturated heterocycles. The van der Waals surface area contributed by atoms with Crippen LogP contribution in [0.5, 0.6) is 0 Å². The highest BCUT2D eigenvalue weighted by molar-refractivity contribution is 5.99. The molecule has 1 aliphatic heterocycles. The minimum Gasteiger partial charge on any atom is -0.368 e. The molecule has 2 heterocycles. The molecule has 0 bridgehead atoms. The van der Waals surface area contributed by atoms with Crippen molar-refractivity contribution in [3.63, 3.8) is 0 Å². The lowest BCUT2D eigenvalue weighted by Gasteiger charge is -2.37. The van der Waals surface area contributed by atoms with E-state index >= 15 is 0 Å². The van der Waals surface area contributed by atoms with Gasteiger partial charge in [-0.3, -0.25) is 9.78 Å². The molecule has 0 radical (unpaired) electrons. The van der Waals surface area contributed by atoms with E-state index in [9.17, 15) is 9.90 Å². The van der Waals surface area contributed by atoms with Crippen LogP contribution in [0.3, 0.4) is 0 Å². The first-order chi connectivity index (χ1) is 8.28. The van der Waals surface area contributed by atoms with Crippen molar-refractivity contribution in [3.8, 4) is 0 Å². The van der Waals surface area contributed by atoms with Gasteiger partial charge in [-0.2, -0.15) is 10.1 Å². The second-order valence-corrected chi connectivity index (χ2v) is 5.19. The third-order valence-electron chi connectivity index (χ3n) is 3.85. The van der Waals surface area contributed by atoms with Crippen molar-refractivity contribution in [2.24, 2.45) is 10.5 Å². The van der Waals surface area contributed by atoms with Crippen molar-refractivity contribution in [1.29, 1.82) is 0 Å². The Morgan fingerprint density at radius 3 is 2.50 bits per heavy atom. The van der Waals surface area contributed by atoms with Crippen LogP contribution < -0.4 is 0 Å². The lowest BCUT2D eigenvalue weighted by atomic mass is 9.79. The van der Waals surface area contributed by atoms with E-state index in [4.69, 9.17) is 0 Å². The lowest BCUT2D eigenvalue weighted by Crippen LogP contribution is -2.53. The average molecular weight is 247 g/mol. The van der Waals surface area contributed by atoms with Crippen molar-refractivity contribution in [2.75, 3.05) is 0 Å². The summed E-state index contributed by atoms with van der Waals surface area (Å²) in [7, 11) is 0. The Morgan fingerprint density at radius 2 is 2.06 bits per heavy atom. The number of amides is 1. The Labute approximate surface area is 106 Å². The first kappa shape index (κ1) is 12.7. The van der Waals surface area contributed by atoms with E-state index in [0.717, 1.165) is 10.7 Å². The molecule has 18 heavy (non-hydrogen) atoms. The van der Waals surface area contributed by atoms with Crippen LogP contribution in [0.1, 0.15) is 38.1 Å². The number of carbonyl (C=O) groups excluding carboxylic acids is 1. The average Bonchev–Trinajstić information content (AvgIpc) is 2.49. The van der Waals surface area contributed by atoms with E-state index in [0.29, 0.717) is 5.56 Å². The van der Waals surface area contributed by atoms with Crippen molar-refractivity contribution in [2.45, 2.75) is 33.4 Å². The van der Waals surface area contributed by atoms with Gasteiger partial charge in [0.1, 0.15) is 0 Å². The Morgan fingerprint density at radius 1 is 1.39 bits per heavy atom. The zero-order chi connectivity index (χ0) is 13.6. The van der Waals surface area contributed by atoms with Crippen LogP contribution in [0.25, 0.3) is 0 Å². The van der Waals surface area contributed by atoms with Crippen LogP contribution in [0.15, 0.2) is 29.6 Å². The molecular weight excluding hydrogens is 230 g/mol. The number of hydrazone groups is 1. The normalized spacial score (nSPS) is 26.1. The summed E-state index contributed by atoms with van der Waals surface area (Å²) >= 11 is 0. The molecule has 1 N–H and O–H groups in total. The molecule has 0 fully saturated rings. The molecule has 0 spiro atoms. The summed E-state index contributed by atoms with van der Waals surface area (Å²) in [4.78, 5) is 16.2. The highest BCUT2D eigenvalue weighted by Gasteiger charge is 2.53. The number of rotatable bonds is 1. The molecule has 1 amide bonds. The minimum absolute atomic E-state index is 0.349. The van der Waals surface area contributed by atoms with Crippen molar-refractivity contribution in [1.82, 2.24) is 9.99 Å². The summed E-state index contributed by atoms with van der Waals surface area (Å²) in [6.45, 7) is 7.14. The minimum atomic E-state index is -1.34. The van der Waals surface area contributed by atoms with Gasteiger partial charge in [-0.25, -0.2) is 0 Å². The van der Waals surface area contributed by atoms with Gasteiger partial charge in [0, 0.05) is 18.1 Å². The Hall–Kier alpha value is -1.75. The number of nitrogens with zero attached hydrogens (tertiary/aromatic N) is 3. The third kappa shape index (κ3) is 1.62. The van der Waals surface area contributed by atoms with E-state index in [1.54, 1.807) is 25.3 Å². The van der Waals surface area contributed by atoms with Gasteiger partial charge in [-0.05, 0) is 39.8 Å². The summed E-state index contributed by atoms with van der Waals surface area (Å²) in [5, 5.41) is 15.9. The van der Waals surface area contributed by atoms with Gasteiger partial charge in [0.25, 0.3) is 5.91 Å². The van der Waals surface area contributed by atoms with E-state index in [1.807, 2.05) is 20.8 Å². The monoisotopic (exact) mass is 247 g/mol. The number of hydrogen-bond acceptors (Lipinski definition) is 4. The smallest absolute Gasteiger partial charge is 0.278 e. The number of carbonyl (C=O) groups is 1. The van der Waals surface area contributed by atoms with Gasteiger partial charge in [-0.15, -0.1) is 0 Å². The summed E-state index contributed by atoms with van der Waals surface area (Å²) in [5.74, 6) is -0.349. The first-order valence-corrected chi connectivity index (χ1v) is 5.81. The van der Waals surface area contributed by atoms with Gasteiger partial charge in [0.2, 0.25) is 0 Å². The topological polar surface area (TPSA) is 65.8 Å². The molecule has 1 atom stereocenters. The van der Waals surface area contributed by atoms with Crippen LogP contribution in [0, 0.1) is 5.41 Å². The predicted molar refractivity (Wildman–Crippen MR) is 67.9 cm³/mol. The highest BCUT2D eigenvalue weighted by Crippen LogP contribution is 2.41. The largest absolute Gasteiger partial charge is 0.368 e. The number of hydrogen-bond donors (Lipinski definition) is 1. The molecule has 2 rings (SSSR count). The van der Waals surface area contributed by atoms with Crippen LogP contribution in [0.2, 0.25) is 0 Å². The SMILES string of the molecule is CC1=NN(C(=O)c2cccnc2)[C@@](C)(O)C1(C)C. The lowest BCUT2D eigenvalue weighted by molar-refractivity contribution is -0.110. The standard InChI is InChI=1S/C13H17N3O2/c1-9-12(2,3)13(4,18)16(15-9)11(17)10-6-5-7-14-8-10/h5-8,18H,1-4H3/t13-/m0/s1. The summed E-state index contributed by atoms with van der Waals surface area (Å²) in [6, 6.07) is 3.33. The number of aromatic nitrogens is 1. The van der Waals surface area contributed by atoms with Gasteiger partial charge in [0.05, 0.1) is 11.0 Å². The van der Waals surface area contributed by atoms with Crippen molar-refractivity contribution in [3.05, 3.63) is 30.1 Å². The maximum Gasteiger partial charge on any atom is 0.278 e. The molecule has 1 aliphatic rings. The van der Waals surface area contributed by atoms with Crippen molar-refractivity contribution >= 4 is 11.6 Å². The molecule has 0 aliphatic carbocycles. The van der Waals surface area contributed by atoms with E-state index in [1.165, 1.54) is 6.20 Å². The summed E-state index contributed by atoms with van der Waals surface area (Å²) in [5.41, 5.74) is -0.786. The fourth-order valence-electron chi connectivity index (χ4n) is 1.83. The molecular formula is C13H17N3O2. The Kier molecular flexibility index (Phi) is 2.74. The van der Waals surface area contributed by atoms with Gasteiger partial charge < -0.3 is 5.11 Å². The molecule has 5 heteroatoms. The number of aliphatic hydroxyl groups is 1. The molecule has 96 valence electrons. The molecule has 1 aromatic rings. The predicted octanol–water partition coefficient (Wildman–Crippen LogP) is 1.65. The Bertz CT molecular complexity index is 506. The van der Waals surface area contributed by atoms with Crippen LogP contribution in [-0.2, 0) is 0 Å². The van der Waals surface area contributed by atoms with E-state index < -0.39 is 11.1 Å². The first-order valence-electron chi connectivity index (χ1n) is 5.81. The zero-order valence-corrected chi connectivity index (χ0v) is 11.0. The highest BCUT2D eigenvalue weighted by atomic mass is 16.3. The van der Waals surface area contributed by atoms with Crippen LogP contribution in [0.4, 0.5) is 0 Å². The van der Waals surface area contributed by atoms with E-state index in [-0.39, 0.29) is 5.91 Å². The summed E-state index contributed by atoms with van der Waals surface area (Å²) in [6.07, 6.45) is 3.06.